The minimum atomic E-state index is 0.0791. The van der Waals surface area contributed by atoms with E-state index in [4.69, 9.17) is 15.7 Å². The number of aromatic nitrogens is 3. The van der Waals surface area contributed by atoms with Gasteiger partial charge in [-0.1, -0.05) is 12.1 Å². The molecular formula is C12H12N6O. The summed E-state index contributed by atoms with van der Waals surface area (Å²) >= 11 is 0. The molecule has 0 radical (unpaired) electrons. The number of nitrogen functional groups attached to an aromatic ring is 1. The van der Waals surface area contributed by atoms with Crippen molar-refractivity contribution in [2.75, 3.05) is 18.2 Å². The van der Waals surface area contributed by atoms with Gasteiger partial charge < -0.3 is 15.8 Å². The fourth-order valence-electron chi connectivity index (χ4n) is 1.45. The van der Waals surface area contributed by atoms with E-state index >= 15 is 0 Å². The lowest BCUT2D eigenvalue weighted by Gasteiger charge is -2.06. The van der Waals surface area contributed by atoms with E-state index in [1.807, 2.05) is 24.3 Å². The van der Waals surface area contributed by atoms with Crippen LogP contribution >= 0.6 is 0 Å². The minimum Gasteiger partial charge on any atom is -0.467 e. The van der Waals surface area contributed by atoms with Gasteiger partial charge in [0.2, 0.25) is 11.9 Å². The van der Waals surface area contributed by atoms with Crippen molar-refractivity contribution in [2.45, 2.75) is 6.42 Å². The van der Waals surface area contributed by atoms with Crippen LogP contribution < -0.4 is 15.8 Å². The molecule has 0 saturated carbocycles. The molecule has 1 aromatic heterocycles. The van der Waals surface area contributed by atoms with Crippen LogP contribution in [0.1, 0.15) is 5.56 Å². The lowest BCUT2D eigenvalue weighted by atomic mass is 10.1. The highest BCUT2D eigenvalue weighted by molar-refractivity contribution is 5.54. The van der Waals surface area contributed by atoms with Crippen LogP contribution in [0, 0.1) is 11.3 Å². The van der Waals surface area contributed by atoms with E-state index in [1.54, 1.807) is 0 Å². The fraction of sp³-hybridized carbons (Fsp3) is 0.167. The number of hydrogen-bond acceptors (Lipinski definition) is 7. The molecule has 0 fully saturated rings. The van der Waals surface area contributed by atoms with Crippen molar-refractivity contribution in [1.29, 1.82) is 5.26 Å². The molecule has 0 aliphatic carbocycles. The maximum Gasteiger partial charge on any atom is 0.322 e. The molecule has 0 aliphatic rings. The van der Waals surface area contributed by atoms with Gasteiger partial charge in [0.25, 0.3) is 0 Å². The number of nitrogens with two attached hydrogens (primary N) is 1. The third-order valence-corrected chi connectivity index (χ3v) is 2.31. The summed E-state index contributed by atoms with van der Waals surface area (Å²) in [6.45, 7) is 0. The standard InChI is InChI=1S/C12H12N6O/c1-19-12-17-10(14)16-11(18-12)15-9-4-2-8(3-5-9)6-7-13/h2-5H,6H2,1H3,(H3,14,15,16,17,18). The van der Waals surface area contributed by atoms with Gasteiger partial charge in [0, 0.05) is 5.69 Å². The van der Waals surface area contributed by atoms with Gasteiger partial charge in [0.15, 0.2) is 0 Å². The van der Waals surface area contributed by atoms with E-state index < -0.39 is 0 Å². The maximum atomic E-state index is 8.59. The van der Waals surface area contributed by atoms with Crippen LogP contribution in [0.3, 0.4) is 0 Å². The Morgan fingerprint density at radius 3 is 2.63 bits per heavy atom. The normalized spacial score (nSPS) is 9.68. The van der Waals surface area contributed by atoms with Crippen LogP contribution in [-0.4, -0.2) is 22.1 Å². The molecule has 0 saturated heterocycles. The van der Waals surface area contributed by atoms with Crippen molar-refractivity contribution in [1.82, 2.24) is 15.0 Å². The molecule has 7 nitrogen and oxygen atoms in total. The maximum absolute atomic E-state index is 8.59. The van der Waals surface area contributed by atoms with Gasteiger partial charge in [-0.05, 0) is 17.7 Å². The Kier molecular flexibility index (Phi) is 3.73. The second-order valence-corrected chi connectivity index (χ2v) is 3.66. The topological polar surface area (TPSA) is 110 Å². The van der Waals surface area contributed by atoms with Crippen molar-refractivity contribution >= 4 is 17.6 Å². The number of nitriles is 1. The van der Waals surface area contributed by atoms with E-state index in [1.165, 1.54) is 7.11 Å². The summed E-state index contributed by atoms with van der Waals surface area (Å²) < 4.78 is 4.91. The Balaban J connectivity index is 2.16. The second kappa shape index (κ2) is 5.64. The smallest absolute Gasteiger partial charge is 0.322 e. The predicted octanol–water partition coefficient (Wildman–Crippen LogP) is 1.27. The van der Waals surface area contributed by atoms with Gasteiger partial charge in [-0.25, -0.2) is 0 Å². The Bertz CT molecular complexity index is 605. The van der Waals surface area contributed by atoms with E-state index in [9.17, 15) is 0 Å². The first-order valence-electron chi connectivity index (χ1n) is 5.49. The molecule has 2 aromatic rings. The highest BCUT2D eigenvalue weighted by Crippen LogP contribution is 2.16. The van der Waals surface area contributed by atoms with Crippen molar-refractivity contribution in [3.05, 3.63) is 29.8 Å². The molecule has 96 valence electrons. The third kappa shape index (κ3) is 3.29. The molecule has 3 N–H and O–H groups in total. The number of rotatable bonds is 4. The van der Waals surface area contributed by atoms with Crippen LogP contribution in [0.2, 0.25) is 0 Å². The van der Waals surface area contributed by atoms with E-state index in [-0.39, 0.29) is 12.0 Å². The molecular weight excluding hydrogens is 244 g/mol. The van der Waals surface area contributed by atoms with Gasteiger partial charge in [0.1, 0.15) is 0 Å². The SMILES string of the molecule is COc1nc(N)nc(Nc2ccc(CC#N)cc2)n1. The first kappa shape index (κ1) is 12.6. The van der Waals surface area contributed by atoms with Crippen molar-refractivity contribution < 1.29 is 4.74 Å². The average molecular weight is 256 g/mol. The van der Waals surface area contributed by atoms with Crippen molar-refractivity contribution in [3.8, 4) is 12.1 Å². The van der Waals surface area contributed by atoms with Crippen LogP contribution in [0.15, 0.2) is 24.3 Å². The first-order chi connectivity index (χ1) is 9.21. The Morgan fingerprint density at radius 1 is 1.26 bits per heavy atom. The van der Waals surface area contributed by atoms with Gasteiger partial charge in [-0.15, -0.1) is 0 Å². The summed E-state index contributed by atoms with van der Waals surface area (Å²) in [6.07, 6.45) is 0.382. The van der Waals surface area contributed by atoms with Gasteiger partial charge in [-0.3, -0.25) is 0 Å². The number of hydrogen-bond donors (Lipinski definition) is 2. The monoisotopic (exact) mass is 256 g/mol. The fourth-order valence-corrected chi connectivity index (χ4v) is 1.45. The zero-order valence-electron chi connectivity index (χ0n) is 10.3. The van der Waals surface area contributed by atoms with Crippen molar-refractivity contribution in [3.63, 3.8) is 0 Å². The summed E-state index contributed by atoms with van der Waals surface area (Å²) in [4.78, 5) is 11.8. The molecule has 19 heavy (non-hydrogen) atoms. The first-order valence-corrected chi connectivity index (χ1v) is 5.49. The average Bonchev–Trinajstić information content (AvgIpc) is 2.40. The summed E-state index contributed by atoms with van der Waals surface area (Å²) in [5.41, 5.74) is 7.27. The zero-order chi connectivity index (χ0) is 13.7. The zero-order valence-corrected chi connectivity index (χ0v) is 10.3. The molecule has 7 heteroatoms. The number of ether oxygens (including phenoxy) is 1. The molecule has 0 unspecified atom stereocenters. The molecule has 1 aromatic carbocycles. The minimum absolute atomic E-state index is 0.0791. The number of nitrogens with zero attached hydrogens (tertiary/aromatic N) is 4. The lowest BCUT2D eigenvalue weighted by molar-refractivity contribution is 0.380. The van der Waals surface area contributed by atoms with Crippen LogP contribution in [0.4, 0.5) is 17.6 Å². The van der Waals surface area contributed by atoms with Crippen LogP contribution in [0.5, 0.6) is 6.01 Å². The number of benzene rings is 1. The highest BCUT2D eigenvalue weighted by atomic mass is 16.5. The molecule has 0 bridgehead atoms. The van der Waals surface area contributed by atoms with Gasteiger partial charge in [0.05, 0.1) is 19.6 Å². The quantitative estimate of drug-likeness (QED) is 0.847. The summed E-state index contributed by atoms with van der Waals surface area (Å²) in [5, 5.41) is 11.6. The largest absolute Gasteiger partial charge is 0.467 e. The molecule has 0 atom stereocenters. The number of anilines is 3. The predicted molar refractivity (Wildman–Crippen MR) is 69.8 cm³/mol. The summed E-state index contributed by atoms with van der Waals surface area (Å²) in [5.74, 6) is 0.382. The Morgan fingerprint density at radius 2 is 2.00 bits per heavy atom. The number of nitrogens with one attached hydrogen (secondary N) is 1. The molecule has 1 heterocycles. The molecule has 0 aliphatic heterocycles. The molecule has 0 spiro atoms. The Labute approximate surface area is 110 Å². The van der Waals surface area contributed by atoms with Crippen LogP contribution in [0.25, 0.3) is 0 Å². The van der Waals surface area contributed by atoms with Crippen molar-refractivity contribution in [2.24, 2.45) is 0 Å². The van der Waals surface area contributed by atoms with E-state index in [0.717, 1.165) is 11.3 Å². The van der Waals surface area contributed by atoms with Crippen LogP contribution in [-0.2, 0) is 6.42 Å². The number of methoxy groups -OCH3 is 1. The highest BCUT2D eigenvalue weighted by Gasteiger charge is 2.04. The van der Waals surface area contributed by atoms with Gasteiger partial charge in [-0.2, -0.15) is 20.2 Å². The van der Waals surface area contributed by atoms with Gasteiger partial charge >= 0.3 is 6.01 Å². The third-order valence-electron chi connectivity index (χ3n) is 2.31. The summed E-state index contributed by atoms with van der Waals surface area (Å²) in [6, 6.07) is 9.61. The van der Waals surface area contributed by atoms with E-state index in [0.29, 0.717) is 12.4 Å². The molecule has 2 rings (SSSR count). The summed E-state index contributed by atoms with van der Waals surface area (Å²) in [7, 11) is 1.45. The lowest BCUT2D eigenvalue weighted by Crippen LogP contribution is -2.05. The van der Waals surface area contributed by atoms with E-state index in [2.05, 4.69) is 26.3 Å². The Hall–Kier alpha value is -2.88. The second-order valence-electron chi connectivity index (χ2n) is 3.66. The molecule has 0 amide bonds.